The minimum absolute atomic E-state index is 0.0972. The smallest absolute Gasteiger partial charge is 0.129 e. The van der Waals surface area contributed by atoms with Crippen LogP contribution in [0.3, 0.4) is 0 Å². The first-order valence-electron chi connectivity index (χ1n) is 6.27. The monoisotopic (exact) mass is 272 g/mol. The first-order valence-corrected chi connectivity index (χ1v) is 7.15. The zero-order valence-electron chi connectivity index (χ0n) is 10.8. The maximum absolute atomic E-state index is 7.57. The van der Waals surface area contributed by atoms with Gasteiger partial charge < -0.3 is 10.6 Å². The van der Waals surface area contributed by atoms with Crippen molar-refractivity contribution in [2.75, 3.05) is 11.4 Å². The lowest BCUT2D eigenvalue weighted by molar-refractivity contribution is 0.730. The highest BCUT2D eigenvalue weighted by Crippen LogP contribution is 2.27. The van der Waals surface area contributed by atoms with Crippen molar-refractivity contribution in [1.29, 1.82) is 5.41 Å². The van der Waals surface area contributed by atoms with Gasteiger partial charge in [-0.05, 0) is 42.5 Å². The van der Waals surface area contributed by atoms with Gasteiger partial charge in [0.15, 0.2) is 0 Å². The van der Waals surface area contributed by atoms with Crippen LogP contribution in [-0.2, 0) is 13.0 Å². The molecule has 0 aliphatic carbocycles. The number of hydrogen-bond donors (Lipinski definition) is 2. The number of anilines is 1. The van der Waals surface area contributed by atoms with Gasteiger partial charge in [0.25, 0.3) is 0 Å². The molecule has 1 aliphatic rings. The van der Waals surface area contributed by atoms with E-state index in [-0.39, 0.29) is 5.84 Å². The summed E-state index contributed by atoms with van der Waals surface area (Å²) < 4.78 is 0. The first kappa shape index (κ1) is 12.2. The third kappa shape index (κ3) is 2.33. The molecule has 0 bridgehead atoms. The molecule has 0 unspecified atom stereocenters. The number of thiophene rings is 1. The van der Waals surface area contributed by atoms with Crippen LogP contribution >= 0.6 is 11.3 Å². The van der Waals surface area contributed by atoms with Gasteiger partial charge in [-0.3, -0.25) is 5.41 Å². The summed E-state index contributed by atoms with van der Waals surface area (Å²) in [6.07, 6.45) is 1.07. The predicted octanol–water partition coefficient (Wildman–Crippen LogP) is 2.30. The molecule has 2 aromatic rings. The van der Waals surface area contributed by atoms with E-state index in [0.717, 1.165) is 36.6 Å². The fourth-order valence-electron chi connectivity index (χ4n) is 2.41. The second kappa shape index (κ2) is 4.66. The highest BCUT2D eigenvalue weighted by atomic mass is 32.1. The van der Waals surface area contributed by atoms with Gasteiger partial charge in [-0.25, -0.2) is 4.98 Å². The highest BCUT2D eigenvalue weighted by Gasteiger charge is 2.19. The first-order chi connectivity index (χ1) is 9.13. The molecule has 5 heteroatoms. The number of fused-ring (bicyclic) bond motifs is 1. The Balaban J connectivity index is 1.93. The van der Waals surface area contributed by atoms with Crippen LogP contribution in [-0.4, -0.2) is 17.4 Å². The average molecular weight is 272 g/mol. The number of nitrogen functional groups attached to an aromatic ring is 1. The standard InChI is InChI=1S/C14H16N4S/c1-9-6-11(14(15)16)7-13(17-9)18-4-2-12-10(8-18)3-5-19-12/h3,5-7H,2,4,8H2,1H3,(H3,15,16). The van der Waals surface area contributed by atoms with Crippen LogP contribution in [0.1, 0.15) is 21.7 Å². The van der Waals surface area contributed by atoms with Crippen LogP contribution in [0.25, 0.3) is 0 Å². The minimum atomic E-state index is 0.0972. The van der Waals surface area contributed by atoms with Gasteiger partial charge in [-0.2, -0.15) is 0 Å². The number of nitrogens with zero attached hydrogens (tertiary/aromatic N) is 2. The number of nitrogens with one attached hydrogen (secondary N) is 1. The molecule has 3 heterocycles. The quantitative estimate of drug-likeness (QED) is 0.651. The largest absolute Gasteiger partial charge is 0.384 e. The summed E-state index contributed by atoms with van der Waals surface area (Å²) in [6.45, 7) is 3.81. The van der Waals surface area contributed by atoms with E-state index in [2.05, 4.69) is 21.3 Å². The van der Waals surface area contributed by atoms with Gasteiger partial charge in [0.05, 0.1) is 0 Å². The van der Waals surface area contributed by atoms with Crippen LogP contribution in [0.15, 0.2) is 23.6 Å². The summed E-state index contributed by atoms with van der Waals surface area (Å²) >= 11 is 1.83. The Labute approximate surface area is 116 Å². The normalized spacial score (nSPS) is 14.3. The Kier molecular flexibility index (Phi) is 2.98. The number of aromatic nitrogens is 1. The molecule has 0 saturated carbocycles. The molecular weight excluding hydrogens is 256 g/mol. The van der Waals surface area contributed by atoms with E-state index in [1.165, 1.54) is 10.4 Å². The molecule has 4 nitrogen and oxygen atoms in total. The van der Waals surface area contributed by atoms with E-state index in [4.69, 9.17) is 11.1 Å². The Morgan fingerprint density at radius 1 is 1.47 bits per heavy atom. The van der Waals surface area contributed by atoms with Gasteiger partial charge >= 0.3 is 0 Å². The number of nitrogens with two attached hydrogens (primary N) is 1. The van der Waals surface area contributed by atoms with Crippen molar-refractivity contribution < 1.29 is 0 Å². The van der Waals surface area contributed by atoms with E-state index in [1.807, 2.05) is 30.4 Å². The van der Waals surface area contributed by atoms with E-state index in [1.54, 1.807) is 0 Å². The number of pyridine rings is 1. The molecule has 2 aromatic heterocycles. The van der Waals surface area contributed by atoms with Gasteiger partial charge in [-0.15, -0.1) is 11.3 Å². The molecular formula is C14H16N4S. The fraction of sp³-hybridized carbons (Fsp3) is 0.286. The molecule has 19 heavy (non-hydrogen) atoms. The summed E-state index contributed by atoms with van der Waals surface area (Å²) in [5.41, 5.74) is 8.62. The van der Waals surface area contributed by atoms with Crippen molar-refractivity contribution in [3.05, 3.63) is 45.3 Å². The lowest BCUT2D eigenvalue weighted by Gasteiger charge is -2.28. The van der Waals surface area contributed by atoms with Crippen molar-refractivity contribution in [3.63, 3.8) is 0 Å². The van der Waals surface area contributed by atoms with Crippen LogP contribution in [0.2, 0.25) is 0 Å². The maximum Gasteiger partial charge on any atom is 0.129 e. The summed E-state index contributed by atoms with van der Waals surface area (Å²) in [5.74, 6) is 1.02. The summed E-state index contributed by atoms with van der Waals surface area (Å²) in [4.78, 5) is 8.31. The van der Waals surface area contributed by atoms with E-state index >= 15 is 0 Å². The SMILES string of the molecule is Cc1cc(C(=N)N)cc(N2CCc3sccc3C2)n1. The van der Waals surface area contributed by atoms with E-state index in [0.29, 0.717) is 0 Å². The molecule has 0 fully saturated rings. The number of hydrogen-bond acceptors (Lipinski definition) is 4. The summed E-state index contributed by atoms with van der Waals surface area (Å²) in [7, 11) is 0. The lowest BCUT2D eigenvalue weighted by Crippen LogP contribution is -2.30. The third-order valence-corrected chi connectivity index (χ3v) is 4.41. The van der Waals surface area contributed by atoms with Crippen LogP contribution in [0.5, 0.6) is 0 Å². The Morgan fingerprint density at radius 3 is 3.11 bits per heavy atom. The van der Waals surface area contributed by atoms with Gasteiger partial charge in [0.2, 0.25) is 0 Å². The predicted molar refractivity (Wildman–Crippen MR) is 79.1 cm³/mol. The summed E-state index contributed by atoms with van der Waals surface area (Å²) in [6, 6.07) is 5.95. The van der Waals surface area contributed by atoms with Gasteiger partial charge in [-0.1, -0.05) is 0 Å². The molecule has 0 atom stereocenters. The second-order valence-corrected chi connectivity index (χ2v) is 5.81. The summed E-state index contributed by atoms with van der Waals surface area (Å²) in [5, 5.41) is 9.72. The van der Waals surface area contributed by atoms with Crippen LogP contribution in [0.4, 0.5) is 5.82 Å². The van der Waals surface area contributed by atoms with E-state index in [9.17, 15) is 0 Å². The second-order valence-electron chi connectivity index (χ2n) is 4.81. The molecule has 98 valence electrons. The molecule has 0 amide bonds. The van der Waals surface area contributed by atoms with Crippen molar-refractivity contribution in [2.24, 2.45) is 5.73 Å². The van der Waals surface area contributed by atoms with Crippen molar-refractivity contribution >= 4 is 23.0 Å². The topological polar surface area (TPSA) is 66.0 Å². The number of aryl methyl sites for hydroxylation is 1. The Hall–Kier alpha value is -1.88. The number of amidine groups is 1. The zero-order chi connectivity index (χ0) is 13.4. The Morgan fingerprint density at radius 2 is 2.32 bits per heavy atom. The minimum Gasteiger partial charge on any atom is -0.384 e. The highest BCUT2D eigenvalue weighted by molar-refractivity contribution is 7.10. The Bertz CT molecular complexity index is 632. The third-order valence-electron chi connectivity index (χ3n) is 3.38. The molecule has 0 saturated heterocycles. The molecule has 0 radical (unpaired) electrons. The van der Waals surface area contributed by atoms with Crippen LogP contribution in [0, 0.1) is 12.3 Å². The van der Waals surface area contributed by atoms with Crippen molar-refractivity contribution in [2.45, 2.75) is 19.9 Å². The van der Waals surface area contributed by atoms with Gasteiger partial charge in [0, 0.05) is 29.2 Å². The fourth-order valence-corrected chi connectivity index (χ4v) is 3.30. The molecule has 0 aromatic carbocycles. The lowest BCUT2D eigenvalue weighted by atomic mass is 10.1. The molecule has 3 N–H and O–H groups in total. The molecule has 1 aliphatic heterocycles. The molecule has 0 spiro atoms. The zero-order valence-corrected chi connectivity index (χ0v) is 11.6. The van der Waals surface area contributed by atoms with Crippen molar-refractivity contribution in [1.82, 2.24) is 4.98 Å². The van der Waals surface area contributed by atoms with Gasteiger partial charge in [0.1, 0.15) is 11.7 Å². The van der Waals surface area contributed by atoms with Crippen molar-refractivity contribution in [3.8, 4) is 0 Å². The van der Waals surface area contributed by atoms with E-state index < -0.39 is 0 Å². The maximum atomic E-state index is 7.57. The number of rotatable bonds is 2. The van der Waals surface area contributed by atoms with Crippen LogP contribution < -0.4 is 10.6 Å². The average Bonchev–Trinajstić information content (AvgIpc) is 2.85. The molecule has 3 rings (SSSR count).